The van der Waals surface area contributed by atoms with Crippen LogP contribution in [0.1, 0.15) is 19.3 Å². The first-order valence-corrected chi connectivity index (χ1v) is 3.21. The third kappa shape index (κ3) is 9.19. The van der Waals surface area contributed by atoms with Crippen LogP contribution in [0.25, 0.3) is 0 Å². The van der Waals surface area contributed by atoms with Crippen molar-refractivity contribution in [2.45, 2.75) is 25.3 Å². The molecular weight excluding hydrogens is 186 g/mol. The number of halogens is 1. The van der Waals surface area contributed by atoms with E-state index in [1.807, 2.05) is 0 Å². The van der Waals surface area contributed by atoms with E-state index in [1.165, 1.54) is 0 Å². The van der Waals surface area contributed by atoms with Gasteiger partial charge in [0, 0.05) is 12.5 Å². The third-order valence-electron chi connectivity index (χ3n) is 1.17. The summed E-state index contributed by atoms with van der Waals surface area (Å²) in [4.78, 5) is 20.0. The second-order valence-electron chi connectivity index (χ2n) is 2.29. The van der Waals surface area contributed by atoms with Gasteiger partial charge < -0.3 is 15.9 Å². The maximum Gasteiger partial charge on any atom is 0.304 e. The molecule has 0 aromatic carbocycles. The van der Waals surface area contributed by atoms with Gasteiger partial charge in [-0.1, -0.05) is 0 Å². The van der Waals surface area contributed by atoms with Crippen LogP contribution < -0.4 is 5.73 Å². The molecule has 5 nitrogen and oxygen atoms in total. The zero-order chi connectivity index (χ0) is 8.85. The Bertz CT molecular complexity index is 162. The van der Waals surface area contributed by atoms with E-state index in [0.29, 0.717) is 0 Å². The van der Waals surface area contributed by atoms with Gasteiger partial charge in [0.25, 0.3) is 0 Å². The summed E-state index contributed by atoms with van der Waals surface area (Å²) in [6.45, 7) is 0. The normalized spacial score (nSPS) is 11.4. The summed E-state index contributed by atoms with van der Waals surface area (Å²) in [6, 6.07) is -0.552. The Morgan fingerprint density at radius 3 is 2.08 bits per heavy atom. The first kappa shape index (κ1) is 13.8. The Morgan fingerprint density at radius 2 is 1.75 bits per heavy atom. The molecule has 0 amide bonds. The summed E-state index contributed by atoms with van der Waals surface area (Å²) < 4.78 is 0. The number of carboxylic acid groups (broad SMARTS) is 2. The minimum atomic E-state index is -0.997. The molecule has 0 aliphatic heterocycles. The van der Waals surface area contributed by atoms with Gasteiger partial charge in [0.15, 0.2) is 0 Å². The highest BCUT2D eigenvalue weighted by Crippen LogP contribution is 1.98. The van der Waals surface area contributed by atoms with E-state index in [4.69, 9.17) is 15.9 Å². The highest BCUT2D eigenvalue weighted by atomic mass is 35.5. The molecule has 0 spiro atoms. The predicted molar refractivity (Wildman–Crippen MR) is 44.3 cm³/mol. The van der Waals surface area contributed by atoms with Gasteiger partial charge in [-0.2, -0.15) is 0 Å². The van der Waals surface area contributed by atoms with Crippen molar-refractivity contribution >= 4 is 24.3 Å². The van der Waals surface area contributed by atoms with Crippen LogP contribution in [0.15, 0.2) is 0 Å². The minimum absolute atomic E-state index is 0. The molecule has 0 bridgehead atoms. The van der Waals surface area contributed by atoms with E-state index < -0.39 is 18.0 Å². The fraction of sp³-hybridized carbons (Fsp3) is 0.667. The molecule has 6 heteroatoms. The van der Waals surface area contributed by atoms with Crippen LogP contribution in [0.3, 0.4) is 0 Å². The van der Waals surface area contributed by atoms with E-state index >= 15 is 0 Å². The van der Waals surface area contributed by atoms with Gasteiger partial charge in [-0.15, -0.1) is 12.4 Å². The second-order valence-corrected chi connectivity index (χ2v) is 2.29. The standard InChI is InChI=1S/C6H11NO4.ClH/c7-4(3-6(10)11)1-2-5(8)9;/h4H,1-3,7H2,(H,8,9)(H,10,11);1H/t4-;/m0./s1. The Labute approximate surface area is 76.0 Å². The number of aliphatic carboxylic acids is 2. The van der Waals surface area contributed by atoms with Crippen molar-refractivity contribution in [2.24, 2.45) is 5.73 Å². The quantitative estimate of drug-likeness (QED) is 0.579. The predicted octanol–water partition coefficient (Wildman–Crippen LogP) is 0.0750. The highest BCUT2D eigenvalue weighted by molar-refractivity contribution is 5.85. The van der Waals surface area contributed by atoms with Crippen molar-refractivity contribution in [3.8, 4) is 0 Å². The summed E-state index contributed by atoms with van der Waals surface area (Å²) in [5, 5.41) is 16.4. The van der Waals surface area contributed by atoms with Gasteiger partial charge in [-0.25, -0.2) is 0 Å². The molecule has 0 saturated carbocycles. The van der Waals surface area contributed by atoms with Crippen molar-refractivity contribution < 1.29 is 19.8 Å². The first-order valence-electron chi connectivity index (χ1n) is 3.21. The SMILES string of the molecule is Cl.N[C@@H](CCC(=O)O)CC(=O)O. The number of hydrogen-bond acceptors (Lipinski definition) is 3. The molecule has 0 aliphatic carbocycles. The third-order valence-corrected chi connectivity index (χ3v) is 1.17. The summed E-state index contributed by atoms with van der Waals surface area (Å²) in [5.41, 5.74) is 5.28. The van der Waals surface area contributed by atoms with Gasteiger partial charge >= 0.3 is 11.9 Å². The molecule has 12 heavy (non-hydrogen) atoms. The number of rotatable bonds is 5. The van der Waals surface area contributed by atoms with Crippen LogP contribution in [0.5, 0.6) is 0 Å². The Balaban J connectivity index is 0. The molecule has 72 valence electrons. The van der Waals surface area contributed by atoms with Crippen molar-refractivity contribution in [2.75, 3.05) is 0 Å². The van der Waals surface area contributed by atoms with Crippen LogP contribution in [-0.2, 0) is 9.59 Å². The Morgan fingerprint density at radius 1 is 1.25 bits per heavy atom. The fourth-order valence-electron chi connectivity index (χ4n) is 0.635. The van der Waals surface area contributed by atoms with Crippen molar-refractivity contribution in [1.82, 2.24) is 0 Å². The zero-order valence-electron chi connectivity index (χ0n) is 6.40. The molecule has 0 rings (SSSR count). The van der Waals surface area contributed by atoms with Crippen molar-refractivity contribution in [3.63, 3.8) is 0 Å². The largest absolute Gasteiger partial charge is 0.481 e. The molecule has 0 aromatic rings. The lowest BCUT2D eigenvalue weighted by molar-refractivity contribution is -0.139. The lowest BCUT2D eigenvalue weighted by Gasteiger charge is -2.04. The van der Waals surface area contributed by atoms with Gasteiger partial charge in [-0.3, -0.25) is 9.59 Å². The Kier molecular flexibility index (Phi) is 7.88. The summed E-state index contributed by atoms with van der Waals surface area (Å²) >= 11 is 0. The lowest BCUT2D eigenvalue weighted by Crippen LogP contribution is -2.24. The molecule has 0 unspecified atom stereocenters. The molecule has 1 atom stereocenters. The van der Waals surface area contributed by atoms with E-state index in [0.717, 1.165) is 0 Å². The van der Waals surface area contributed by atoms with Crippen LogP contribution in [0, 0.1) is 0 Å². The van der Waals surface area contributed by atoms with Crippen molar-refractivity contribution in [3.05, 3.63) is 0 Å². The molecular formula is C6H12ClNO4. The molecule has 4 N–H and O–H groups in total. The molecule has 0 aliphatic rings. The van der Waals surface area contributed by atoms with Crippen LogP contribution >= 0.6 is 12.4 Å². The van der Waals surface area contributed by atoms with Gasteiger partial charge in [0.1, 0.15) is 0 Å². The summed E-state index contributed by atoms with van der Waals surface area (Å²) in [7, 11) is 0. The number of nitrogens with two attached hydrogens (primary N) is 1. The monoisotopic (exact) mass is 197 g/mol. The average Bonchev–Trinajstić information content (AvgIpc) is 1.82. The van der Waals surface area contributed by atoms with E-state index in [-0.39, 0.29) is 31.7 Å². The Hall–Kier alpha value is -0.810. The first-order chi connectivity index (χ1) is 5.02. The van der Waals surface area contributed by atoms with E-state index in [1.54, 1.807) is 0 Å². The maximum absolute atomic E-state index is 10.0. The summed E-state index contributed by atoms with van der Waals surface area (Å²) in [6.07, 6.45) is -0.0383. The van der Waals surface area contributed by atoms with E-state index in [2.05, 4.69) is 0 Å². The topological polar surface area (TPSA) is 101 Å². The highest BCUT2D eigenvalue weighted by Gasteiger charge is 2.09. The van der Waals surface area contributed by atoms with Crippen LogP contribution in [0.2, 0.25) is 0 Å². The van der Waals surface area contributed by atoms with Gasteiger partial charge in [0.05, 0.1) is 6.42 Å². The maximum atomic E-state index is 10.0. The van der Waals surface area contributed by atoms with Crippen LogP contribution in [-0.4, -0.2) is 28.2 Å². The molecule has 0 heterocycles. The molecule has 0 saturated heterocycles. The number of carbonyl (C=O) groups is 2. The average molecular weight is 198 g/mol. The molecule has 0 radical (unpaired) electrons. The van der Waals surface area contributed by atoms with Crippen LogP contribution in [0.4, 0.5) is 0 Å². The fourth-order valence-corrected chi connectivity index (χ4v) is 0.635. The zero-order valence-corrected chi connectivity index (χ0v) is 7.21. The lowest BCUT2D eigenvalue weighted by atomic mass is 10.1. The molecule has 0 fully saturated rings. The summed E-state index contributed by atoms with van der Waals surface area (Å²) in [5.74, 6) is -1.95. The van der Waals surface area contributed by atoms with Crippen molar-refractivity contribution in [1.29, 1.82) is 0 Å². The number of carboxylic acids is 2. The van der Waals surface area contributed by atoms with E-state index in [9.17, 15) is 9.59 Å². The smallest absolute Gasteiger partial charge is 0.304 e. The number of hydrogen-bond donors (Lipinski definition) is 3. The molecule has 0 aromatic heterocycles. The van der Waals surface area contributed by atoms with Gasteiger partial charge in [-0.05, 0) is 6.42 Å². The minimum Gasteiger partial charge on any atom is -0.481 e. The second kappa shape index (κ2) is 6.87. The van der Waals surface area contributed by atoms with Gasteiger partial charge in [0.2, 0.25) is 0 Å².